The minimum absolute atomic E-state index is 0.0375. The lowest BCUT2D eigenvalue weighted by Gasteiger charge is -2.36. The molecule has 21 heavy (non-hydrogen) atoms. The quantitative estimate of drug-likeness (QED) is 0.838. The molecule has 0 spiro atoms. The molecule has 1 aliphatic carbocycles. The Morgan fingerprint density at radius 1 is 1.33 bits per heavy atom. The van der Waals surface area contributed by atoms with Gasteiger partial charge in [0.15, 0.2) is 0 Å². The molecule has 5 heteroatoms. The maximum Gasteiger partial charge on any atom is 0.317 e. The average molecular weight is 296 g/mol. The van der Waals surface area contributed by atoms with E-state index >= 15 is 0 Å². The summed E-state index contributed by atoms with van der Waals surface area (Å²) < 4.78 is 0. The lowest BCUT2D eigenvalue weighted by molar-refractivity contribution is -0.137. The fourth-order valence-electron chi connectivity index (χ4n) is 3.67. The number of rotatable bonds is 4. The van der Waals surface area contributed by atoms with Crippen LogP contribution in [0.2, 0.25) is 0 Å². The van der Waals surface area contributed by atoms with Crippen molar-refractivity contribution in [1.29, 1.82) is 0 Å². The Kier molecular flexibility index (Phi) is 5.12. The molecule has 0 aromatic carbocycles. The summed E-state index contributed by atoms with van der Waals surface area (Å²) >= 11 is 0. The summed E-state index contributed by atoms with van der Waals surface area (Å²) in [5.74, 6) is -0.406. The van der Waals surface area contributed by atoms with Gasteiger partial charge in [-0.15, -0.1) is 0 Å². The minimum Gasteiger partial charge on any atom is -0.481 e. The molecule has 0 bridgehead atoms. The number of hydrogen-bond donors (Lipinski definition) is 2. The second kappa shape index (κ2) is 6.67. The first kappa shape index (κ1) is 16.1. The summed E-state index contributed by atoms with van der Waals surface area (Å²) in [6.45, 7) is 5.99. The second-order valence-electron chi connectivity index (χ2n) is 7.44. The van der Waals surface area contributed by atoms with Crippen LogP contribution in [0.5, 0.6) is 0 Å². The van der Waals surface area contributed by atoms with Crippen LogP contribution in [0.15, 0.2) is 0 Å². The van der Waals surface area contributed by atoms with Gasteiger partial charge in [0, 0.05) is 25.6 Å². The molecular formula is C16H28N2O3. The van der Waals surface area contributed by atoms with Crippen LogP contribution in [-0.4, -0.2) is 41.1 Å². The van der Waals surface area contributed by atoms with Crippen molar-refractivity contribution in [3.8, 4) is 0 Å². The van der Waals surface area contributed by atoms with E-state index < -0.39 is 5.97 Å². The summed E-state index contributed by atoms with van der Waals surface area (Å²) in [6, 6.07) is 0.329. The number of hydrogen-bond acceptors (Lipinski definition) is 2. The number of carboxylic acid groups (broad SMARTS) is 1. The van der Waals surface area contributed by atoms with Gasteiger partial charge in [-0.05, 0) is 43.4 Å². The van der Waals surface area contributed by atoms with Crippen molar-refractivity contribution in [3.05, 3.63) is 0 Å². The Hall–Kier alpha value is -1.26. The third kappa shape index (κ3) is 4.90. The van der Waals surface area contributed by atoms with Crippen LogP contribution in [-0.2, 0) is 4.79 Å². The molecule has 1 saturated carbocycles. The summed E-state index contributed by atoms with van der Waals surface area (Å²) in [5.41, 5.74) is 0.325. The van der Waals surface area contributed by atoms with Crippen molar-refractivity contribution >= 4 is 12.0 Å². The number of likely N-dealkylation sites (tertiary alicyclic amines) is 1. The molecule has 2 aliphatic rings. The molecule has 2 atom stereocenters. The standard InChI is InChI=1S/C16H28N2O3/c1-16(2)8-3-4-13(10-16)17-15(21)18-9-7-12(11-18)5-6-14(19)20/h12-13H,3-11H2,1-2H3,(H,17,21)(H,19,20). The maximum atomic E-state index is 12.3. The largest absolute Gasteiger partial charge is 0.481 e. The number of carboxylic acids is 1. The molecule has 2 amide bonds. The number of nitrogens with one attached hydrogen (secondary N) is 1. The van der Waals surface area contributed by atoms with E-state index in [1.54, 1.807) is 0 Å². The van der Waals surface area contributed by atoms with Gasteiger partial charge in [-0.2, -0.15) is 0 Å². The van der Waals surface area contributed by atoms with Gasteiger partial charge in [0.1, 0.15) is 0 Å². The normalized spacial score (nSPS) is 28.4. The summed E-state index contributed by atoms with van der Waals surface area (Å²) in [7, 11) is 0. The zero-order valence-electron chi connectivity index (χ0n) is 13.2. The monoisotopic (exact) mass is 296 g/mol. The Balaban J connectivity index is 1.75. The van der Waals surface area contributed by atoms with Crippen molar-refractivity contribution in [1.82, 2.24) is 10.2 Å². The summed E-state index contributed by atoms with van der Waals surface area (Å²) in [6.07, 6.45) is 6.35. The molecule has 5 nitrogen and oxygen atoms in total. The van der Waals surface area contributed by atoms with E-state index in [1.165, 1.54) is 12.8 Å². The van der Waals surface area contributed by atoms with Gasteiger partial charge < -0.3 is 15.3 Å². The third-order valence-electron chi connectivity index (χ3n) is 4.87. The predicted octanol–water partition coefficient (Wildman–Crippen LogP) is 2.85. The first-order chi connectivity index (χ1) is 9.85. The Morgan fingerprint density at radius 3 is 2.76 bits per heavy atom. The zero-order valence-corrected chi connectivity index (χ0v) is 13.2. The lowest BCUT2D eigenvalue weighted by atomic mass is 9.75. The molecule has 1 aliphatic heterocycles. The maximum absolute atomic E-state index is 12.3. The van der Waals surface area contributed by atoms with Crippen molar-refractivity contribution < 1.29 is 14.7 Å². The topological polar surface area (TPSA) is 69.6 Å². The molecule has 0 aromatic rings. The molecule has 2 unspecified atom stereocenters. The van der Waals surface area contributed by atoms with Crippen LogP contribution in [0.25, 0.3) is 0 Å². The Morgan fingerprint density at radius 2 is 2.10 bits per heavy atom. The SMILES string of the molecule is CC1(C)CCCC(NC(=O)N2CCC(CCC(=O)O)C2)C1. The van der Waals surface area contributed by atoms with Crippen molar-refractivity contribution in [2.75, 3.05) is 13.1 Å². The van der Waals surface area contributed by atoms with Gasteiger partial charge >= 0.3 is 12.0 Å². The number of carbonyl (C=O) groups excluding carboxylic acids is 1. The summed E-state index contributed by atoms with van der Waals surface area (Å²) in [5, 5.41) is 11.9. The zero-order chi connectivity index (χ0) is 15.5. The molecular weight excluding hydrogens is 268 g/mol. The highest BCUT2D eigenvalue weighted by atomic mass is 16.4. The van der Waals surface area contributed by atoms with E-state index in [9.17, 15) is 9.59 Å². The van der Waals surface area contributed by atoms with Gasteiger partial charge in [0.25, 0.3) is 0 Å². The predicted molar refractivity (Wildman–Crippen MR) is 81.1 cm³/mol. The molecule has 120 valence electrons. The van der Waals surface area contributed by atoms with E-state index in [0.29, 0.717) is 30.3 Å². The Labute approximate surface area is 127 Å². The van der Waals surface area contributed by atoms with Crippen LogP contribution in [0.1, 0.15) is 58.8 Å². The van der Waals surface area contributed by atoms with E-state index in [4.69, 9.17) is 5.11 Å². The fourth-order valence-corrected chi connectivity index (χ4v) is 3.67. The lowest BCUT2D eigenvalue weighted by Crippen LogP contribution is -2.46. The molecule has 0 aromatic heterocycles. The van der Waals surface area contributed by atoms with E-state index in [2.05, 4.69) is 19.2 Å². The van der Waals surface area contributed by atoms with Gasteiger partial charge in [-0.25, -0.2) is 4.79 Å². The van der Waals surface area contributed by atoms with Gasteiger partial charge in [0.2, 0.25) is 0 Å². The number of amides is 2. The molecule has 0 radical (unpaired) electrons. The fraction of sp³-hybridized carbons (Fsp3) is 0.875. The second-order valence-corrected chi connectivity index (χ2v) is 7.44. The highest BCUT2D eigenvalue weighted by molar-refractivity contribution is 5.74. The smallest absolute Gasteiger partial charge is 0.317 e. The summed E-state index contributed by atoms with van der Waals surface area (Å²) in [4.78, 5) is 24.8. The van der Waals surface area contributed by atoms with Crippen molar-refractivity contribution in [2.24, 2.45) is 11.3 Å². The van der Waals surface area contributed by atoms with Crippen LogP contribution in [0, 0.1) is 11.3 Å². The number of nitrogens with zero attached hydrogens (tertiary/aromatic N) is 1. The van der Waals surface area contributed by atoms with Gasteiger partial charge in [-0.3, -0.25) is 4.79 Å². The van der Waals surface area contributed by atoms with E-state index in [1.807, 2.05) is 4.90 Å². The van der Waals surface area contributed by atoms with Gasteiger partial charge in [-0.1, -0.05) is 20.3 Å². The molecule has 2 N–H and O–H groups in total. The first-order valence-electron chi connectivity index (χ1n) is 8.13. The Bertz CT molecular complexity index is 395. The molecule has 1 saturated heterocycles. The van der Waals surface area contributed by atoms with Gasteiger partial charge in [0.05, 0.1) is 0 Å². The average Bonchev–Trinajstić information content (AvgIpc) is 2.84. The number of urea groups is 1. The van der Waals surface area contributed by atoms with E-state index in [-0.39, 0.29) is 12.5 Å². The molecule has 1 heterocycles. The van der Waals surface area contributed by atoms with Crippen LogP contribution >= 0.6 is 0 Å². The molecule has 2 fully saturated rings. The number of aliphatic carboxylic acids is 1. The van der Waals surface area contributed by atoms with Crippen LogP contribution in [0.4, 0.5) is 4.79 Å². The van der Waals surface area contributed by atoms with Crippen molar-refractivity contribution in [3.63, 3.8) is 0 Å². The number of carbonyl (C=O) groups is 2. The van der Waals surface area contributed by atoms with Crippen molar-refractivity contribution in [2.45, 2.75) is 64.8 Å². The molecule has 2 rings (SSSR count). The highest BCUT2D eigenvalue weighted by Gasteiger charge is 2.31. The highest BCUT2D eigenvalue weighted by Crippen LogP contribution is 2.35. The first-order valence-corrected chi connectivity index (χ1v) is 8.13. The van der Waals surface area contributed by atoms with Crippen LogP contribution < -0.4 is 5.32 Å². The minimum atomic E-state index is -0.748. The van der Waals surface area contributed by atoms with E-state index in [0.717, 1.165) is 25.8 Å². The third-order valence-corrected chi connectivity index (χ3v) is 4.87. The van der Waals surface area contributed by atoms with Crippen LogP contribution in [0.3, 0.4) is 0 Å².